The van der Waals surface area contributed by atoms with Crippen LogP contribution in [0.2, 0.25) is 10.0 Å². The molecule has 0 radical (unpaired) electrons. The third-order valence-corrected chi connectivity index (χ3v) is 4.60. The lowest BCUT2D eigenvalue weighted by atomic mass is 10.1. The molecular weight excluding hydrogens is 393 g/mol. The maximum atomic E-state index is 6.30. The van der Waals surface area contributed by atoms with E-state index in [9.17, 15) is 0 Å². The van der Waals surface area contributed by atoms with Crippen LogP contribution in [0.15, 0.2) is 54.6 Å². The zero-order valence-electron chi connectivity index (χ0n) is 15.9. The molecule has 0 spiro atoms. The largest absolute Gasteiger partial charge is 0.354 e. The fourth-order valence-electron chi connectivity index (χ4n) is 2.67. The Morgan fingerprint density at radius 2 is 1.75 bits per heavy atom. The third-order valence-electron chi connectivity index (χ3n) is 4.05. The van der Waals surface area contributed by atoms with E-state index < -0.39 is 0 Å². The molecule has 2 N–H and O–H groups in total. The molecule has 0 amide bonds. The molecular formula is C21H23Cl2N5. The van der Waals surface area contributed by atoms with Gasteiger partial charge in [-0.3, -0.25) is 0 Å². The first-order valence-corrected chi connectivity index (χ1v) is 9.82. The molecule has 5 nitrogen and oxygen atoms in total. The van der Waals surface area contributed by atoms with E-state index in [1.54, 1.807) is 12.1 Å². The number of nitrogens with one attached hydrogen (secondary N) is 2. The van der Waals surface area contributed by atoms with Crippen LogP contribution in [0, 0.1) is 0 Å². The molecule has 0 saturated heterocycles. The number of rotatable bonds is 8. The van der Waals surface area contributed by atoms with Crippen molar-refractivity contribution in [2.24, 2.45) is 0 Å². The summed E-state index contributed by atoms with van der Waals surface area (Å²) in [4.78, 5) is 11.4. The first-order valence-electron chi connectivity index (χ1n) is 9.06. The van der Waals surface area contributed by atoms with Gasteiger partial charge in [0.1, 0.15) is 5.82 Å². The van der Waals surface area contributed by atoms with E-state index >= 15 is 0 Å². The molecule has 2 aromatic carbocycles. The maximum Gasteiger partial charge on any atom is 0.225 e. The van der Waals surface area contributed by atoms with E-state index in [-0.39, 0.29) is 0 Å². The van der Waals surface area contributed by atoms with E-state index in [2.05, 4.69) is 39.6 Å². The SMILES string of the molecule is CN(C)CCCNc1nc(Nc2ccc(Cl)cc2Cl)cc(-c2ccccc2)n1. The van der Waals surface area contributed by atoms with E-state index in [1.165, 1.54) is 0 Å². The van der Waals surface area contributed by atoms with Gasteiger partial charge in [0.2, 0.25) is 5.95 Å². The van der Waals surface area contributed by atoms with Gasteiger partial charge >= 0.3 is 0 Å². The molecule has 0 bridgehead atoms. The predicted octanol–water partition coefficient (Wildman–Crippen LogP) is 5.56. The molecule has 0 unspecified atom stereocenters. The minimum Gasteiger partial charge on any atom is -0.354 e. The lowest BCUT2D eigenvalue weighted by molar-refractivity contribution is 0.405. The number of benzene rings is 2. The third kappa shape index (κ3) is 5.83. The lowest BCUT2D eigenvalue weighted by Crippen LogP contribution is -2.17. The summed E-state index contributed by atoms with van der Waals surface area (Å²) in [5, 5.41) is 7.71. The zero-order valence-corrected chi connectivity index (χ0v) is 17.4. The smallest absolute Gasteiger partial charge is 0.225 e. The Bertz CT molecular complexity index is 916. The fourth-order valence-corrected chi connectivity index (χ4v) is 3.13. The van der Waals surface area contributed by atoms with Gasteiger partial charge in [0.05, 0.1) is 16.4 Å². The molecule has 3 rings (SSSR count). The minimum absolute atomic E-state index is 0.535. The number of anilines is 3. The van der Waals surface area contributed by atoms with Crippen molar-refractivity contribution in [3.8, 4) is 11.3 Å². The topological polar surface area (TPSA) is 53.1 Å². The van der Waals surface area contributed by atoms with Crippen molar-refractivity contribution in [3.05, 3.63) is 64.6 Å². The van der Waals surface area contributed by atoms with Crippen LogP contribution in [0.25, 0.3) is 11.3 Å². The lowest BCUT2D eigenvalue weighted by Gasteiger charge is -2.13. The number of nitrogens with zero attached hydrogens (tertiary/aromatic N) is 3. The van der Waals surface area contributed by atoms with Crippen molar-refractivity contribution in [3.63, 3.8) is 0 Å². The molecule has 0 atom stereocenters. The predicted molar refractivity (Wildman–Crippen MR) is 119 cm³/mol. The Morgan fingerprint density at radius 1 is 0.964 bits per heavy atom. The van der Waals surface area contributed by atoms with Gasteiger partial charge in [0.15, 0.2) is 0 Å². The summed E-state index contributed by atoms with van der Waals surface area (Å²) in [6, 6.07) is 17.2. The first-order chi connectivity index (χ1) is 13.5. The van der Waals surface area contributed by atoms with Crippen LogP contribution in [-0.4, -0.2) is 42.1 Å². The van der Waals surface area contributed by atoms with Crippen LogP contribution in [0.5, 0.6) is 0 Å². The van der Waals surface area contributed by atoms with Crippen molar-refractivity contribution in [2.75, 3.05) is 37.8 Å². The maximum absolute atomic E-state index is 6.30. The highest BCUT2D eigenvalue weighted by atomic mass is 35.5. The van der Waals surface area contributed by atoms with Crippen molar-refractivity contribution < 1.29 is 0 Å². The number of hydrogen-bond donors (Lipinski definition) is 2. The summed E-state index contributed by atoms with van der Waals surface area (Å²) >= 11 is 12.3. The number of aromatic nitrogens is 2. The average molecular weight is 416 g/mol. The first kappa shape index (κ1) is 20.4. The van der Waals surface area contributed by atoms with Crippen molar-refractivity contribution >= 4 is 40.7 Å². The van der Waals surface area contributed by atoms with Gasteiger partial charge in [0.25, 0.3) is 0 Å². The summed E-state index contributed by atoms with van der Waals surface area (Å²) in [5.41, 5.74) is 2.59. The zero-order chi connectivity index (χ0) is 19.9. The minimum atomic E-state index is 0.535. The summed E-state index contributed by atoms with van der Waals surface area (Å²) in [6.07, 6.45) is 0.998. The highest BCUT2D eigenvalue weighted by Crippen LogP contribution is 2.29. The number of hydrogen-bond acceptors (Lipinski definition) is 5. The van der Waals surface area contributed by atoms with Crippen LogP contribution >= 0.6 is 23.2 Å². The van der Waals surface area contributed by atoms with Crippen LogP contribution in [0.4, 0.5) is 17.5 Å². The van der Waals surface area contributed by atoms with Crippen molar-refractivity contribution in [2.45, 2.75) is 6.42 Å². The molecule has 0 aliphatic carbocycles. The van der Waals surface area contributed by atoms with E-state index in [4.69, 9.17) is 23.2 Å². The van der Waals surface area contributed by atoms with Gasteiger partial charge in [-0.25, -0.2) is 4.98 Å². The molecule has 146 valence electrons. The van der Waals surface area contributed by atoms with E-state index in [1.807, 2.05) is 42.5 Å². The monoisotopic (exact) mass is 415 g/mol. The van der Waals surface area contributed by atoms with Crippen LogP contribution in [0.1, 0.15) is 6.42 Å². The average Bonchev–Trinajstić information content (AvgIpc) is 2.68. The number of halogens is 2. The Hall–Kier alpha value is -2.34. The Morgan fingerprint density at radius 3 is 2.46 bits per heavy atom. The second-order valence-corrected chi connectivity index (χ2v) is 7.50. The molecule has 1 aromatic heterocycles. The van der Waals surface area contributed by atoms with E-state index in [0.29, 0.717) is 21.8 Å². The van der Waals surface area contributed by atoms with E-state index in [0.717, 1.165) is 36.5 Å². The summed E-state index contributed by atoms with van der Waals surface area (Å²) in [7, 11) is 4.12. The Labute approximate surface area is 175 Å². The van der Waals surface area contributed by atoms with Gasteiger partial charge in [-0.2, -0.15) is 4.98 Å². The molecule has 0 saturated carbocycles. The van der Waals surface area contributed by atoms with Crippen LogP contribution < -0.4 is 10.6 Å². The van der Waals surface area contributed by atoms with Crippen LogP contribution in [-0.2, 0) is 0 Å². The van der Waals surface area contributed by atoms with Crippen molar-refractivity contribution in [1.29, 1.82) is 0 Å². The summed E-state index contributed by atoms with van der Waals surface area (Å²) < 4.78 is 0. The molecule has 0 fully saturated rings. The Balaban J connectivity index is 1.86. The van der Waals surface area contributed by atoms with Gasteiger partial charge in [-0.15, -0.1) is 0 Å². The fraction of sp³-hybridized carbons (Fsp3) is 0.238. The van der Waals surface area contributed by atoms with Gasteiger partial charge in [-0.1, -0.05) is 53.5 Å². The summed E-state index contributed by atoms with van der Waals surface area (Å²) in [6.45, 7) is 1.79. The second kappa shape index (κ2) is 9.73. The molecule has 7 heteroatoms. The Kier molecular flexibility index (Phi) is 7.09. The second-order valence-electron chi connectivity index (χ2n) is 6.66. The molecule has 0 aliphatic heterocycles. The summed E-state index contributed by atoms with van der Waals surface area (Å²) in [5.74, 6) is 1.24. The van der Waals surface area contributed by atoms with Crippen molar-refractivity contribution in [1.82, 2.24) is 14.9 Å². The molecule has 3 aromatic rings. The van der Waals surface area contributed by atoms with Crippen LogP contribution in [0.3, 0.4) is 0 Å². The van der Waals surface area contributed by atoms with Gasteiger partial charge in [0, 0.05) is 23.2 Å². The van der Waals surface area contributed by atoms with Gasteiger partial charge < -0.3 is 15.5 Å². The molecule has 0 aliphatic rings. The molecule has 28 heavy (non-hydrogen) atoms. The molecule has 1 heterocycles. The standard InChI is InChI=1S/C21H23Cl2N5/c1-28(2)12-6-11-24-21-26-19(15-7-4-3-5-8-15)14-20(27-21)25-18-10-9-16(22)13-17(18)23/h3-5,7-10,13-14H,6,11-12H2,1-2H3,(H2,24,25,26,27). The normalized spacial score (nSPS) is 10.9. The van der Waals surface area contributed by atoms with Gasteiger partial charge in [-0.05, 0) is 45.3 Å². The highest BCUT2D eigenvalue weighted by molar-refractivity contribution is 6.36. The highest BCUT2D eigenvalue weighted by Gasteiger charge is 2.09. The quantitative estimate of drug-likeness (QED) is 0.471.